The topological polar surface area (TPSA) is 76.7 Å². The number of amides is 2. The van der Waals surface area contributed by atoms with Crippen LogP contribution in [0.2, 0.25) is 0 Å². The first-order chi connectivity index (χ1) is 15.4. The molecule has 0 heterocycles. The number of anilines is 1. The number of methoxy groups -OCH3 is 1. The van der Waals surface area contributed by atoms with Gasteiger partial charge in [0, 0.05) is 5.69 Å². The van der Waals surface area contributed by atoms with Gasteiger partial charge in [0.25, 0.3) is 0 Å². The molecule has 0 aliphatic heterocycles. The number of hydrogen-bond acceptors (Lipinski definition) is 5. The van der Waals surface area contributed by atoms with Gasteiger partial charge in [-0.15, -0.1) is 11.8 Å². The lowest BCUT2D eigenvalue weighted by Gasteiger charge is -2.17. The second-order valence-corrected chi connectivity index (χ2v) is 8.29. The predicted octanol–water partition coefficient (Wildman–Crippen LogP) is 4.95. The highest BCUT2D eigenvalue weighted by Gasteiger charge is 2.14. The minimum absolute atomic E-state index is 0.122. The van der Waals surface area contributed by atoms with E-state index < -0.39 is 0 Å². The molecule has 0 radical (unpaired) electrons. The van der Waals surface area contributed by atoms with Crippen molar-refractivity contribution in [3.63, 3.8) is 0 Å². The third-order valence-corrected chi connectivity index (χ3v) is 5.60. The average molecular weight is 463 g/mol. The van der Waals surface area contributed by atoms with E-state index in [0.29, 0.717) is 23.8 Å². The van der Waals surface area contributed by atoms with Crippen LogP contribution in [0.3, 0.4) is 0 Å². The largest absolute Gasteiger partial charge is 0.493 e. The van der Waals surface area contributed by atoms with Crippen LogP contribution >= 0.6 is 11.8 Å². The number of carbonyl (C=O) groups excluding carboxylic acids is 2. The molecule has 2 rings (SSSR count). The van der Waals surface area contributed by atoms with Crippen LogP contribution < -0.4 is 20.1 Å². The van der Waals surface area contributed by atoms with Crippen LogP contribution in [-0.2, 0) is 9.59 Å². The quantitative estimate of drug-likeness (QED) is 0.412. The Hall–Kier alpha value is -2.74. The van der Waals surface area contributed by atoms with Gasteiger partial charge in [0.05, 0.1) is 31.3 Å². The molecule has 0 fully saturated rings. The molecular weight excluding hydrogens is 431 g/mol. The van der Waals surface area contributed by atoms with E-state index >= 15 is 0 Å². The molecule has 174 valence electrons. The highest BCUT2D eigenvalue weighted by atomic mass is 32.2. The lowest BCUT2D eigenvalue weighted by molar-refractivity contribution is -0.119. The van der Waals surface area contributed by atoms with Crippen molar-refractivity contribution in [2.45, 2.75) is 39.2 Å². The smallest absolute Gasteiger partial charge is 0.234 e. The van der Waals surface area contributed by atoms with Gasteiger partial charge in [0.15, 0.2) is 11.5 Å². The zero-order valence-corrected chi connectivity index (χ0v) is 19.6. The minimum atomic E-state index is -0.366. The standard InChI is InChI=1S/C24H31FN2O4S/c1-4-5-6-13-31-21-12-7-18(14-22(21)30-3)17(2)26-23(28)15-32-16-24(29)27-20-10-8-19(25)9-11-20/h7-12,14,17H,4-6,13,15-16H2,1-3H3,(H,26,28)(H,27,29). The van der Waals surface area contributed by atoms with Crippen molar-refractivity contribution >= 4 is 29.3 Å². The number of nitrogens with one attached hydrogen (secondary N) is 2. The molecule has 0 aliphatic carbocycles. The molecule has 0 aromatic heterocycles. The fraction of sp³-hybridized carbons (Fsp3) is 0.417. The molecule has 2 aromatic carbocycles. The summed E-state index contributed by atoms with van der Waals surface area (Å²) in [6.45, 7) is 4.68. The first-order valence-electron chi connectivity index (χ1n) is 10.7. The van der Waals surface area contributed by atoms with Crippen LogP contribution in [0.15, 0.2) is 42.5 Å². The van der Waals surface area contributed by atoms with Crippen molar-refractivity contribution in [2.24, 2.45) is 0 Å². The van der Waals surface area contributed by atoms with Gasteiger partial charge in [-0.1, -0.05) is 25.8 Å². The molecule has 0 bridgehead atoms. The van der Waals surface area contributed by atoms with E-state index in [-0.39, 0.29) is 35.2 Å². The summed E-state index contributed by atoms with van der Waals surface area (Å²) in [5.74, 6) is 0.807. The molecule has 32 heavy (non-hydrogen) atoms. The maximum atomic E-state index is 12.9. The molecule has 1 unspecified atom stereocenters. The zero-order valence-electron chi connectivity index (χ0n) is 18.8. The third kappa shape index (κ3) is 8.78. The first-order valence-corrected chi connectivity index (χ1v) is 11.8. The number of hydrogen-bond donors (Lipinski definition) is 2. The van der Waals surface area contributed by atoms with Crippen LogP contribution in [0.1, 0.15) is 44.7 Å². The lowest BCUT2D eigenvalue weighted by atomic mass is 10.1. The van der Waals surface area contributed by atoms with E-state index in [0.717, 1.165) is 24.8 Å². The van der Waals surface area contributed by atoms with E-state index in [1.54, 1.807) is 7.11 Å². The Bertz CT molecular complexity index is 877. The third-order valence-electron chi connectivity index (χ3n) is 4.66. The summed E-state index contributed by atoms with van der Waals surface area (Å²) in [5, 5.41) is 5.59. The van der Waals surface area contributed by atoms with Crippen molar-refractivity contribution in [1.82, 2.24) is 5.32 Å². The van der Waals surface area contributed by atoms with E-state index in [4.69, 9.17) is 9.47 Å². The molecule has 0 spiro atoms. The molecule has 0 saturated heterocycles. The van der Waals surface area contributed by atoms with Gasteiger partial charge in [-0.25, -0.2) is 4.39 Å². The van der Waals surface area contributed by atoms with Crippen LogP contribution in [0.4, 0.5) is 10.1 Å². The van der Waals surface area contributed by atoms with Gasteiger partial charge < -0.3 is 20.1 Å². The van der Waals surface area contributed by atoms with Crippen LogP contribution in [0.25, 0.3) is 0 Å². The van der Waals surface area contributed by atoms with Gasteiger partial charge in [-0.05, 0) is 55.3 Å². The molecule has 0 aliphatic rings. The Labute approximate surface area is 193 Å². The van der Waals surface area contributed by atoms with Crippen molar-refractivity contribution in [3.8, 4) is 11.5 Å². The SMILES string of the molecule is CCCCCOc1ccc(C(C)NC(=O)CSCC(=O)Nc2ccc(F)cc2)cc1OC. The minimum Gasteiger partial charge on any atom is -0.493 e. The van der Waals surface area contributed by atoms with E-state index in [9.17, 15) is 14.0 Å². The van der Waals surface area contributed by atoms with E-state index in [1.807, 2.05) is 25.1 Å². The predicted molar refractivity (Wildman–Crippen MR) is 127 cm³/mol. The van der Waals surface area contributed by atoms with Gasteiger partial charge in [0.1, 0.15) is 5.82 Å². The number of ether oxygens (including phenoxy) is 2. The summed E-state index contributed by atoms with van der Waals surface area (Å²) in [5.41, 5.74) is 1.41. The average Bonchev–Trinajstić information content (AvgIpc) is 2.78. The maximum Gasteiger partial charge on any atom is 0.234 e. The zero-order chi connectivity index (χ0) is 23.3. The van der Waals surface area contributed by atoms with Crippen LogP contribution in [-0.4, -0.2) is 37.0 Å². The molecule has 6 nitrogen and oxygen atoms in total. The van der Waals surface area contributed by atoms with Crippen LogP contribution in [0.5, 0.6) is 11.5 Å². The summed E-state index contributed by atoms with van der Waals surface area (Å²) < 4.78 is 24.1. The van der Waals surface area contributed by atoms with Gasteiger partial charge in [0.2, 0.25) is 11.8 Å². The maximum absolute atomic E-state index is 12.9. The molecular formula is C24H31FN2O4S. The highest BCUT2D eigenvalue weighted by Crippen LogP contribution is 2.30. The molecule has 2 N–H and O–H groups in total. The molecule has 1 atom stereocenters. The molecule has 0 saturated carbocycles. The summed E-state index contributed by atoms with van der Waals surface area (Å²) in [4.78, 5) is 24.2. The molecule has 2 aromatic rings. The number of thioether (sulfide) groups is 1. The van der Waals surface area contributed by atoms with Crippen molar-refractivity contribution in [1.29, 1.82) is 0 Å². The van der Waals surface area contributed by atoms with Crippen molar-refractivity contribution in [2.75, 3.05) is 30.5 Å². The van der Waals surface area contributed by atoms with Crippen molar-refractivity contribution in [3.05, 3.63) is 53.8 Å². The Kier molecular flexibility index (Phi) is 10.9. The second kappa shape index (κ2) is 13.6. The Morgan fingerprint density at radius 3 is 2.44 bits per heavy atom. The second-order valence-electron chi connectivity index (χ2n) is 7.30. The number of unbranched alkanes of at least 4 members (excludes halogenated alkanes) is 2. The van der Waals surface area contributed by atoms with Gasteiger partial charge >= 0.3 is 0 Å². The monoisotopic (exact) mass is 462 g/mol. The van der Waals surface area contributed by atoms with E-state index in [1.165, 1.54) is 36.0 Å². The lowest BCUT2D eigenvalue weighted by Crippen LogP contribution is -2.28. The van der Waals surface area contributed by atoms with Crippen LogP contribution in [0, 0.1) is 5.82 Å². The highest BCUT2D eigenvalue weighted by molar-refractivity contribution is 8.00. The van der Waals surface area contributed by atoms with Gasteiger partial charge in [-0.2, -0.15) is 0 Å². The van der Waals surface area contributed by atoms with Crippen molar-refractivity contribution < 1.29 is 23.5 Å². The fourth-order valence-corrected chi connectivity index (χ4v) is 3.57. The molecule has 2 amide bonds. The molecule has 8 heteroatoms. The fourth-order valence-electron chi connectivity index (χ4n) is 2.94. The summed E-state index contributed by atoms with van der Waals surface area (Å²) in [6, 6.07) is 10.9. The number of carbonyl (C=O) groups is 2. The Balaban J connectivity index is 1.77. The summed E-state index contributed by atoms with van der Waals surface area (Å²) in [7, 11) is 1.59. The Morgan fingerprint density at radius 1 is 1.03 bits per heavy atom. The van der Waals surface area contributed by atoms with Gasteiger partial charge in [-0.3, -0.25) is 9.59 Å². The summed E-state index contributed by atoms with van der Waals surface area (Å²) >= 11 is 1.21. The van der Waals surface area contributed by atoms with E-state index in [2.05, 4.69) is 17.6 Å². The number of benzene rings is 2. The number of halogens is 1. The normalized spacial score (nSPS) is 11.5. The summed E-state index contributed by atoms with van der Waals surface area (Å²) in [6.07, 6.45) is 3.25. The first kappa shape index (κ1) is 25.5. The Morgan fingerprint density at radius 2 is 1.75 bits per heavy atom. The number of rotatable bonds is 13.